The average Bonchev–Trinajstić information content (AvgIpc) is 2.95. The third-order valence-corrected chi connectivity index (χ3v) is 5.87. The molecule has 19 heavy (non-hydrogen) atoms. The Balaban J connectivity index is 1.67. The number of hydrogen-bond donors (Lipinski definition) is 1. The van der Waals surface area contributed by atoms with Crippen molar-refractivity contribution in [1.29, 1.82) is 0 Å². The van der Waals surface area contributed by atoms with Crippen molar-refractivity contribution >= 4 is 16.5 Å². The molecule has 2 heterocycles. The van der Waals surface area contributed by atoms with Crippen LogP contribution in [0.4, 0.5) is 5.13 Å². The van der Waals surface area contributed by atoms with E-state index in [1.165, 1.54) is 56.0 Å². The van der Waals surface area contributed by atoms with Crippen molar-refractivity contribution in [3.05, 3.63) is 11.1 Å². The maximum absolute atomic E-state index is 4.82. The van der Waals surface area contributed by atoms with E-state index in [9.17, 15) is 0 Å². The Bertz CT molecular complexity index is 417. The zero-order chi connectivity index (χ0) is 13.2. The van der Waals surface area contributed by atoms with Crippen LogP contribution in [0.5, 0.6) is 0 Å². The second-order valence-corrected chi connectivity index (χ2v) is 6.94. The van der Waals surface area contributed by atoms with Crippen LogP contribution in [0.2, 0.25) is 0 Å². The molecule has 3 unspecified atom stereocenters. The van der Waals surface area contributed by atoms with Crippen molar-refractivity contribution < 1.29 is 0 Å². The van der Waals surface area contributed by atoms with Crippen molar-refractivity contribution in [2.45, 2.75) is 45.1 Å². The lowest BCUT2D eigenvalue weighted by molar-refractivity contribution is 0.202. The van der Waals surface area contributed by atoms with Crippen molar-refractivity contribution in [2.75, 3.05) is 25.0 Å². The molecule has 1 saturated carbocycles. The molecule has 0 aromatic carbocycles. The van der Waals surface area contributed by atoms with Gasteiger partial charge in [-0.3, -0.25) is 0 Å². The van der Waals surface area contributed by atoms with Crippen LogP contribution in [0.15, 0.2) is 5.38 Å². The molecule has 0 radical (unpaired) electrons. The van der Waals surface area contributed by atoms with Gasteiger partial charge in [-0.25, -0.2) is 4.98 Å². The first kappa shape index (κ1) is 13.4. The molecule has 1 saturated heterocycles. The Labute approximate surface area is 120 Å². The number of fused-ring (bicyclic) bond motifs is 1. The fraction of sp³-hybridized carbons (Fsp3) is 0.800. The van der Waals surface area contributed by atoms with Gasteiger partial charge in [0.2, 0.25) is 0 Å². The van der Waals surface area contributed by atoms with Gasteiger partial charge < -0.3 is 10.2 Å². The van der Waals surface area contributed by atoms with Crippen molar-refractivity contribution in [1.82, 2.24) is 10.3 Å². The molecule has 3 rings (SSSR count). The van der Waals surface area contributed by atoms with E-state index in [0.29, 0.717) is 6.04 Å². The normalized spacial score (nSPS) is 29.1. The topological polar surface area (TPSA) is 28.2 Å². The lowest BCUT2D eigenvalue weighted by Crippen LogP contribution is -2.41. The molecular weight excluding hydrogens is 254 g/mol. The molecule has 4 heteroatoms. The summed E-state index contributed by atoms with van der Waals surface area (Å²) in [6, 6.07) is 0.359. The van der Waals surface area contributed by atoms with Crippen LogP contribution < -0.4 is 10.2 Å². The highest BCUT2D eigenvalue weighted by Crippen LogP contribution is 2.38. The van der Waals surface area contributed by atoms with E-state index < -0.39 is 0 Å². The fourth-order valence-electron chi connectivity index (χ4n) is 3.54. The smallest absolute Gasteiger partial charge is 0.185 e. The van der Waals surface area contributed by atoms with Crippen molar-refractivity contribution in [2.24, 2.45) is 11.8 Å². The van der Waals surface area contributed by atoms with Gasteiger partial charge in [0.25, 0.3) is 0 Å². The molecule has 3 nitrogen and oxygen atoms in total. The number of anilines is 1. The van der Waals surface area contributed by atoms with Crippen LogP contribution >= 0.6 is 11.3 Å². The molecule has 3 atom stereocenters. The maximum atomic E-state index is 4.82. The van der Waals surface area contributed by atoms with E-state index in [-0.39, 0.29) is 0 Å². The first-order valence-electron chi connectivity index (χ1n) is 7.65. The summed E-state index contributed by atoms with van der Waals surface area (Å²) >= 11 is 1.81. The molecule has 1 aliphatic carbocycles. The summed E-state index contributed by atoms with van der Waals surface area (Å²) in [4.78, 5) is 7.36. The lowest BCUT2D eigenvalue weighted by Gasteiger charge is -2.41. The number of hydrogen-bond acceptors (Lipinski definition) is 4. The molecular formula is C15H25N3S. The van der Waals surface area contributed by atoms with Crippen LogP contribution in [-0.4, -0.2) is 25.1 Å². The largest absolute Gasteiger partial charge is 0.348 e. The summed E-state index contributed by atoms with van der Waals surface area (Å²) in [7, 11) is 2.00. The fourth-order valence-corrected chi connectivity index (χ4v) is 4.50. The van der Waals surface area contributed by atoms with Crippen LogP contribution in [0.1, 0.15) is 50.8 Å². The van der Waals surface area contributed by atoms with E-state index >= 15 is 0 Å². The summed E-state index contributed by atoms with van der Waals surface area (Å²) in [5.41, 5.74) is 1.19. The van der Waals surface area contributed by atoms with E-state index in [4.69, 9.17) is 4.98 Å². The standard InChI is InChI=1S/C15H25N3S/c1-11(16-2)14-10-19-15(17-14)18-8-7-12-5-3-4-6-13(12)9-18/h10-13,16H,3-9H2,1-2H3. The Kier molecular flexibility index (Phi) is 4.08. The molecule has 2 fully saturated rings. The third-order valence-electron chi connectivity index (χ3n) is 4.95. The summed E-state index contributed by atoms with van der Waals surface area (Å²) in [6.45, 7) is 4.62. The SMILES string of the molecule is CNC(C)c1csc(N2CCC3CCCCC3C2)n1. The number of nitrogens with one attached hydrogen (secondary N) is 1. The van der Waals surface area contributed by atoms with Crippen LogP contribution in [0.3, 0.4) is 0 Å². The first-order chi connectivity index (χ1) is 9.28. The van der Waals surface area contributed by atoms with Crippen molar-refractivity contribution in [3.8, 4) is 0 Å². The number of aromatic nitrogens is 1. The van der Waals surface area contributed by atoms with Gasteiger partial charge in [0, 0.05) is 24.5 Å². The highest BCUT2D eigenvalue weighted by atomic mass is 32.1. The summed E-state index contributed by atoms with van der Waals surface area (Å²) in [6.07, 6.45) is 7.18. The summed E-state index contributed by atoms with van der Waals surface area (Å²) in [5.74, 6) is 1.93. The molecule has 106 valence electrons. The summed E-state index contributed by atoms with van der Waals surface area (Å²) < 4.78 is 0. The predicted molar refractivity (Wildman–Crippen MR) is 81.9 cm³/mol. The minimum atomic E-state index is 0.359. The Morgan fingerprint density at radius 1 is 1.32 bits per heavy atom. The van der Waals surface area contributed by atoms with Crippen molar-refractivity contribution in [3.63, 3.8) is 0 Å². The maximum Gasteiger partial charge on any atom is 0.185 e. The third kappa shape index (κ3) is 2.79. The van der Waals surface area contributed by atoms with Gasteiger partial charge in [-0.15, -0.1) is 11.3 Å². The number of piperidine rings is 1. The minimum absolute atomic E-state index is 0.359. The van der Waals surface area contributed by atoms with Crippen LogP contribution in [0.25, 0.3) is 0 Å². The van der Waals surface area contributed by atoms with Gasteiger partial charge in [-0.2, -0.15) is 0 Å². The molecule has 2 aliphatic rings. The summed E-state index contributed by atoms with van der Waals surface area (Å²) in [5, 5.41) is 6.72. The average molecular weight is 279 g/mol. The second kappa shape index (κ2) is 5.80. The van der Waals surface area contributed by atoms with Gasteiger partial charge in [-0.05, 0) is 38.6 Å². The molecule has 1 aliphatic heterocycles. The van der Waals surface area contributed by atoms with Gasteiger partial charge in [0.1, 0.15) is 0 Å². The van der Waals surface area contributed by atoms with Gasteiger partial charge >= 0.3 is 0 Å². The Hall–Kier alpha value is -0.610. The van der Waals surface area contributed by atoms with Gasteiger partial charge in [-0.1, -0.05) is 19.3 Å². The van der Waals surface area contributed by atoms with E-state index in [0.717, 1.165) is 11.8 Å². The molecule has 1 aromatic heterocycles. The zero-order valence-electron chi connectivity index (χ0n) is 12.1. The predicted octanol–water partition coefficient (Wildman–Crippen LogP) is 3.44. The lowest BCUT2D eigenvalue weighted by atomic mass is 9.75. The van der Waals surface area contributed by atoms with Gasteiger partial charge in [0.05, 0.1) is 5.69 Å². The molecule has 1 aromatic rings. The first-order valence-corrected chi connectivity index (χ1v) is 8.53. The Morgan fingerprint density at radius 3 is 2.89 bits per heavy atom. The van der Waals surface area contributed by atoms with Gasteiger partial charge in [0.15, 0.2) is 5.13 Å². The van der Waals surface area contributed by atoms with E-state index in [2.05, 4.69) is 22.5 Å². The minimum Gasteiger partial charge on any atom is -0.348 e. The zero-order valence-corrected chi connectivity index (χ0v) is 12.9. The van der Waals surface area contributed by atoms with E-state index in [1.807, 2.05) is 18.4 Å². The van der Waals surface area contributed by atoms with E-state index in [1.54, 1.807) is 0 Å². The molecule has 1 N–H and O–H groups in total. The quantitative estimate of drug-likeness (QED) is 0.918. The monoisotopic (exact) mass is 279 g/mol. The Morgan fingerprint density at radius 2 is 2.11 bits per heavy atom. The van der Waals surface area contributed by atoms with Crippen LogP contribution in [0, 0.1) is 11.8 Å². The highest BCUT2D eigenvalue weighted by Gasteiger charge is 2.32. The number of nitrogens with zero attached hydrogens (tertiary/aromatic N) is 2. The van der Waals surface area contributed by atoms with Crippen LogP contribution in [-0.2, 0) is 0 Å². The second-order valence-electron chi connectivity index (χ2n) is 6.10. The number of rotatable bonds is 3. The molecule has 0 amide bonds. The highest BCUT2D eigenvalue weighted by molar-refractivity contribution is 7.13. The molecule has 0 bridgehead atoms. The number of thiazole rings is 1. The molecule has 0 spiro atoms.